The number of carbonyl (C=O) groups is 1. The zero-order chi connectivity index (χ0) is 20.3. The highest BCUT2D eigenvalue weighted by molar-refractivity contribution is 9.10. The Labute approximate surface area is 178 Å². The van der Waals surface area contributed by atoms with Crippen molar-refractivity contribution in [1.82, 2.24) is 4.72 Å². The van der Waals surface area contributed by atoms with E-state index in [4.69, 9.17) is 16.3 Å². The minimum Gasteiger partial charge on any atom is -0.469 e. The number of ether oxygens (including phenoxy) is 1. The quantitative estimate of drug-likeness (QED) is 0.626. The second-order valence-corrected chi connectivity index (χ2v) is 9.86. The van der Waals surface area contributed by atoms with E-state index in [0.29, 0.717) is 30.7 Å². The second-order valence-electron chi connectivity index (χ2n) is 6.79. The van der Waals surface area contributed by atoms with E-state index in [2.05, 4.69) is 20.7 Å². The minimum absolute atomic E-state index is 0.184. The number of esters is 1. The Morgan fingerprint density at radius 1 is 1.29 bits per heavy atom. The molecule has 0 heterocycles. The van der Waals surface area contributed by atoms with Crippen molar-refractivity contribution >= 4 is 43.5 Å². The van der Waals surface area contributed by atoms with Crippen LogP contribution in [0.3, 0.4) is 0 Å². The summed E-state index contributed by atoms with van der Waals surface area (Å²) < 4.78 is 33.8. The second kappa shape index (κ2) is 8.95. The van der Waals surface area contributed by atoms with Gasteiger partial charge in [0.1, 0.15) is 0 Å². The molecule has 5 nitrogen and oxygen atoms in total. The molecule has 0 bridgehead atoms. The van der Waals surface area contributed by atoms with Crippen molar-refractivity contribution in [2.45, 2.75) is 43.0 Å². The van der Waals surface area contributed by atoms with Crippen LogP contribution in [0.5, 0.6) is 0 Å². The maximum absolute atomic E-state index is 12.7. The highest BCUT2D eigenvalue weighted by Crippen LogP contribution is 2.30. The lowest BCUT2D eigenvalue weighted by Crippen LogP contribution is -2.39. The molecule has 2 aromatic rings. The van der Waals surface area contributed by atoms with E-state index in [1.807, 2.05) is 12.1 Å². The first-order valence-corrected chi connectivity index (χ1v) is 11.6. The zero-order valence-electron chi connectivity index (χ0n) is 15.4. The van der Waals surface area contributed by atoms with Crippen LogP contribution < -0.4 is 4.72 Å². The van der Waals surface area contributed by atoms with Crippen molar-refractivity contribution in [1.29, 1.82) is 0 Å². The van der Waals surface area contributed by atoms with Crippen molar-refractivity contribution in [3.05, 3.63) is 62.6 Å². The molecule has 0 saturated heterocycles. The van der Waals surface area contributed by atoms with Gasteiger partial charge in [-0.15, -0.1) is 0 Å². The van der Waals surface area contributed by atoms with Gasteiger partial charge >= 0.3 is 5.97 Å². The highest BCUT2D eigenvalue weighted by Gasteiger charge is 2.26. The van der Waals surface area contributed by atoms with E-state index in [1.165, 1.54) is 24.8 Å². The Bertz CT molecular complexity index is 976. The number of hydrogen-bond acceptors (Lipinski definition) is 4. The number of carbonyl (C=O) groups excluding carboxylic acids is 1. The fourth-order valence-corrected chi connectivity index (χ4v) is 5.46. The van der Waals surface area contributed by atoms with Gasteiger partial charge in [-0.3, -0.25) is 4.79 Å². The number of hydrogen-bond donors (Lipinski definition) is 1. The summed E-state index contributed by atoms with van der Waals surface area (Å²) >= 11 is 9.37. The number of halogens is 2. The summed E-state index contributed by atoms with van der Waals surface area (Å²) in [5.41, 5.74) is 3.41. The molecule has 0 aliphatic heterocycles. The molecule has 0 fully saturated rings. The largest absolute Gasteiger partial charge is 0.469 e. The molecule has 8 heteroatoms. The first-order valence-electron chi connectivity index (χ1n) is 8.93. The van der Waals surface area contributed by atoms with Crippen LogP contribution in [0.1, 0.15) is 29.5 Å². The van der Waals surface area contributed by atoms with Crippen LogP contribution in [-0.4, -0.2) is 27.5 Å². The van der Waals surface area contributed by atoms with Crippen LogP contribution in [0.15, 0.2) is 45.8 Å². The Morgan fingerprint density at radius 2 is 2.00 bits per heavy atom. The van der Waals surface area contributed by atoms with Crippen LogP contribution in [0.4, 0.5) is 0 Å². The molecule has 0 radical (unpaired) electrons. The van der Waals surface area contributed by atoms with E-state index in [9.17, 15) is 13.2 Å². The van der Waals surface area contributed by atoms with Gasteiger partial charge in [0.25, 0.3) is 0 Å². The predicted molar refractivity (Wildman–Crippen MR) is 112 cm³/mol. The fourth-order valence-electron chi connectivity index (χ4n) is 3.51. The summed E-state index contributed by atoms with van der Waals surface area (Å²) in [6, 6.07) is 10.0. The number of aryl methyl sites for hydroxylation is 1. The molecule has 0 aromatic heterocycles. The van der Waals surface area contributed by atoms with E-state index >= 15 is 0 Å². The third kappa shape index (κ3) is 5.14. The molecule has 0 spiro atoms. The SMILES string of the molecule is COC(=O)CCc1cc(Br)cc2c1CCC(NS(=O)(=O)c1ccc(Cl)cc1)C2. The molecule has 1 atom stereocenters. The van der Waals surface area contributed by atoms with Crippen LogP contribution in [0.25, 0.3) is 0 Å². The molecule has 1 aliphatic rings. The van der Waals surface area contributed by atoms with E-state index in [-0.39, 0.29) is 16.9 Å². The first kappa shape index (κ1) is 21.3. The van der Waals surface area contributed by atoms with Crippen LogP contribution in [0.2, 0.25) is 5.02 Å². The molecule has 3 rings (SSSR count). The maximum atomic E-state index is 12.7. The monoisotopic (exact) mass is 485 g/mol. The summed E-state index contributed by atoms with van der Waals surface area (Å²) in [5.74, 6) is -0.238. The number of sulfonamides is 1. The molecule has 2 aromatic carbocycles. The van der Waals surface area contributed by atoms with Gasteiger partial charge in [-0.1, -0.05) is 27.5 Å². The lowest BCUT2D eigenvalue weighted by Gasteiger charge is -2.27. The van der Waals surface area contributed by atoms with E-state index < -0.39 is 10.0 Å². The molecule has 0 saturated carbocycles. The highest BCUT2D eigenvalue weighted by atomic mass is 79.9. The molecule has 150 valence electrons. The van der Waals surface area contributed by atoms with Crippen molar-refractivity contribution < 1.29 is 17.9 Å². The summed E-state index contributed by atoms with van der Waals surface area (Å²) in [6.45, 7) is 0. The molecular weight excluding hydrogens is 466 g/mol. The molecule has 28 heavy (non-hydrogen) atoms. The lowest BCUT2D eigenvalue weighted by atomic mass is 9.85. The van der Waals surface area contributed by atoms with E-state index in [1.54, 1.807) is 12.1 Å². The summed E-state index contributed by atoms with van der Waals surface area (Å²) in [5, 5.41) is 0.495. The lowest BCUT2D eigenvalue weighted by molar-refractivity contribution is -0.140. The van der Waals surface area contributed by atoms with Crippen LogP contribution >= 0.6 is 27.5 Å². The summed E-state index contributed by atoms with van der Waals surface area (Å²) in [7, 11) is -2.22. The standard InChI is InChI=1S/C20H21BrClNO4S/c1-27-20(24)9-2-13-10-15(21)11-14-12-17(5-8-19(13)14)23-28(25,26)18-6-3-16(22)4-7-18/h3-4,6-7,10-11,17,23H,2,5,8-9,12H2,1H3. The Balaban J connectivity index is 1.76. The number of rotatable bonds is 6. The topological polar surface area (TPSA) is 72.5 Å². The van der Waals surface area contributed by atoms with Crippen LogP contribution in [-0.2, 0) is 38.8 Å². The molecule has 1 aliphatic carbocycles. The Kier molecular flexibility index (Phi) is 6.81. The van der Waals surface area contributed by atoms with Gasteiger partial charge in [-0.2, -0.15) is 0 Å². The third-order valence-electron chi connectivity index (χ3n) is 4.88. The number of nitrogens with one attached hydrogen (secondary N) is 1. The normalized spacial score (nSPS) is 16.5. The molecule has 1 N–H and O–H groups in total. The Morgan fingerprint density at radius 3 is 2.68 bits per heavy atom. The minimum atomic E-state index is -3.61. The third-order valence-corrected chi connectivity index (χ3v) is 7.13. The van der Waals surface area contributed by atoms with Crippen molar-refractivity contribution in [3.63, 3.8) is 0 Å². The summed E-state index contributed by atoms with van der Waals surface area (Å²) in [6.07, 6.45) is 2.99. The first-order chi connectivity index (χ1) is 13.3. The van der Waals surface area contributed by atoms with Gasteiger partial charge in [0.2, 0.25) is 10.0 Å². The average Bonchev–Trinajstić information content (AvgIpc) is 2.65. The van der Waals surface area contributed by atoms with Crippen molar-refractivity contribution in [3.8, 4) is 0 Å². The van der Waals surface area contributed by atoms with Gasteiger partial charge in [-0.05, 0) is 78.8 Å². The number of benzene rings is 2. The van der Waals surface area contributed by atoms with Crippen molar-refractivity contribution in [2.75, 3.05) is 7.11 Å². The molecular formula is C20H21BrClNO4S. The van der Waals surface area contributed by atoms with Gasteiger partial charge in [0.15, 0.2) is 0 Å². The zero-order valence-corrected chi connectivity index (χ0v) is 18.5. The predicted octanol–water partition coefficient (Wildman–Crippen LogP) is 4.04. The molecule has 1 unspecified atom stereocenters. The Hall–Kier alpha value is -1.41. The molecule has 0 amide bonds. The number of fused-ring (bicyclic) bond motifs is 1. The fraction of sp³-hybridized carbons (Fsp3) is 0.350. The van der Waals surface area contributed by atoms with Gasteiger partial charge in [0, 0.05) is 22.0 Å². The number of methoxy groups -OCH3 is 1. The van der Waals surface area contributed by atoms with Gasteiger partial charge < -0.3 is 4.74 Å². The van der Waals surface area contributed by atoms with Gasteiger partial charge in [-0.25, -0.2) is 13.1 Å². The van der Waals surface area contributed by atoms with Gasteiger partial charge in [0.05, 0.1) is 12.0 Å². The van der Waals surface area contributed by atoms with Crippen molar-refractivity contribution in [2.24, 2.45) is 0 Å². The average molecular weight is 487 g/mol. The summed E-state index contributed by atoms with van der Waals surface area (Å²) in [4.78, 5) is 11.7. The maximum Gasteiger partial charge on any atom is 0.305 e. The van der Waals surface area contributed by atoms with Crippen LogP contribution in [0, 0.1) is 0 Å². The van der Waals surface area contributed by atoms with E-state index in [0.717, 1.165) is 22.0 Å². The smallest absolute Gasteiger partial charge is 0.305 e.